The first kappa shape index (κ1) is 53.1. The molecule has 0 radical (unpaired) electrons. The lowest BCUT2D eigenvalue weighted by atomic mass is 10.1. The van der Waals surface area contributed by atoms with Gasteiger partial charge < -0.3 is 97.4 Å². The molecule has 0 fully saturated rings. The molecule has 0 spiro atoms. The number of nitrogens with two attached hydrogens (primary N) is 6. The number of aliphatic hydroxyl groups is 1. The Kier molecular flexibility index (Phi) is 18.1. The zero-order valence-electron chi connectivity index (χ0n) is 35.3. The van der Waals surface area contributed by atoms with Crippen LogP contribution in [0.1, 0.15) is 17.2 Å². The number of hydrogen-bond donors (Lipinski definition) is 21. The number of nitro groups is 2. The van der Waals surface area contributed by atoms with E-state index in [-0.39, 0.29) is 16.9 Å². The van der Waals surface area contributed by atoms with Gasteiger partial charge in [-0.1, -0.05) is 42.5 Å². The second kappa shape index (κ2) is 23.6. The van der Waals surface area contributed by atoms with E-state index in [4.69, 9.17) is 56.0 Å². The third-order valence-corrected chi connectivity index (χ3v) is 8.74. The molecule has 0 bridgehead atoms. The lowest BCUT2D eigenvalue weighted by molar-refractivity contribution is -0.393. The summed E-state index contributed by atoms with van der Waals surface area (Å²) in [5.74, 6) is -12.2. The molecule has 0 aliphatic heterocycles. The number of phenolic OH excluding ortho intramolecular Hbond substituents is 1. The van der Waals surface area contributed by atoms with Gasteiger partial charge in [0, 0.05) is 6.54 Å². The molecule has 3 aromatic carbocycles. The molecule has 34 nitrogen and oxygen atoms in total. The normalized spacial score (nSPS) is 13.1. The van der Waals surface area contributed by atoms with E-state index in [2.05, 4.69) is 16.0 Å². The molecule has 6 unspecified atom stereocenters. The summed E-state index contributed by atoms with van der Waals surface area (Å²) in [6, 6.07) is 11.4. The number of benzene rings is 3. The molecule has 0 aromatic heterocycles. The van der Waals surface area contributed by atoms with Crippen molar-refractivity contribution in [3.05, 3.63) is 98.1 Å². The van der Waals surface area contributed by atoms with Crippen molar-refractivity contribution in [2.24, 2.45) is 28.7 Å². The quantitative estimate of drug-likeness (QED) is 0.0111. The molecule has 69 heavy (non-hydrogen) atoms. The van der Waals surface area contributed by atoms with Crippen molar-refractivity contribution in [2.45, 2.75) is 43.5 Å². The maximum absolute atomic E-state index is 14.1. The molecular formula is C35H46N22O12. The highest BCUT2D eigenvalue weighted by Crippen LogP contribution is 2.38. The first-order valence-corrected chi connectivity index (χ1v) is 19.0. The van der Waals surface area contributed by atoms with E-state index in [1.165, 1.54) is 54.6 Å². The molecule has 6 atom stereocenters. The summed E-state index contributed by atoms with van der Waals surface area (Å²) in [5, 5.41) is 94.1. The fourth-order valence-corrected chi connectivity index (χ4v) is 5.73. The molecule has 34 heteroatoms. The number of nitrogen functional groups attached to an aromatic ring is 1. The van der Waals surface area contributed by atoms with Crippen molar-refractivity contribution in [3.63, 3.8) is 0 Å². The van der Waals surface area contributed by atoms with Crippen molar-refractivity contribution in [1.29, 1.82) is 21.6 Å². The maximum Gasteiger partial charge on any atom is 0.299 e. The van der Waals surface area contributed by atoms with Crippen LogP contribution in [0.15, 0.2) is 66.7 Å². The van der Waals surface area contributed by atoms with Crippen LogP contribution in [0.5, 0.6) is 5.75 Å². The summed E-state index contributed by atoms with van der Waals surface area (Å²) in [7, 11) is 0. The van der Waals surface area contributed by atoms with Crippen LogP contribution in [0, 0.1) is 41.9 Å². The second-order valence-corrected chi connectivity index (χ2v) is 13.8. The van der Waals surface area contributed by atoms with Gasteiger partial charge in [0.05, 0.1) is 15.9 Å². The molecule has 0 saturated heterocycles. The Labute approximate surface area is 386 Å². The molecule has 6 amide bonds. The number of rotatable bonds is 22. The molecular weight excluding hydrogens is 921 g/mol. The van der Waals surface area contributed by atoms with Crippen molar-refractivity contribution in [3.8, 4) is 5.75 Å². The third kappa shape index (κ3) is 15.4. The SMILES string of the molecule is N=C(N)NC(NC(=O)C(NC(=N)N)NC(=O)C(NC(=N)N)NC(=O)C(NC(=N)N)NC(=O)C(NC(=O)C(O)N(Cc1ccc(O)cc1)c1cc(N)c([N+](=O)[O-])cc1[N+](=O)[O-])c1ccccc1)C(N)=O. The van der Waals surface area contributed by atoms with Gasteiger partial charge in [-0.05, 0) is 29.3 Å². The number of nitro benzene ring substituents is 2. The van der Waals surface area contributed by atoms with E-state index in [0.29, 0.717) is 11.0 Å². The summed E-state index contributed by atoms with van der Waals surface area (Å²) in [5.41, 5.74) is 29.6. The Morgan fingerprint density at radius 2 is 1.00 bits per heavy atom. The zero-order valence-corrected chi connectivity index (χ0v) is 35.3. The van der Waals surface area contributed by atoms with Crippen LogP contribution >= 0.6 is 0 Å². The second-order valence-electron chi connectivity index (χ2n) is 13.8. The lowest BCUT2D eigenvalue weighted by Crippen LogP contribution is -2.68. The number of phenols is 1. The highest BCUT2D eigenvalue weighted by Gasteiger charge is 2.37. The first-order chi connectivity index (χ1) is 32.3. The van der Waals surface area contributed by atoms with Gasteiger partial charge in [-0.3, -0.25) is 70.6 Å². The van der Waals surface area contributed by atoms with Crippen LogP contribution in [-0.2, 0) is 35.3 Å². The smallest absolute Gasteiger partial charge is 0.299 e. The number of anilines is 2. The van der Waals surface area contributed by atoms with Crippen molar-refractivity contribution in [1.82, 2.24) is 47.9 Å². The minimum Gasteiger partial charge on any atom is -0.508 e. The fourth-order valence-electron chi connectivity index (χ4n) is 5.73. The fraction of sp³-hybridized carbons (Fsp3) is 0.200. The van der Waals surface area contributed by atoms with Gasteiger partial charge in [0.2, 0.25) is 12.1 Å². The average molecular weight is 967 g/mol. The standard InChI is InChI=1S/C35H46N22O12/c36-16-10-18(19(57(68)69)11-17(16)56(66)67)55(12-13-6-8-15(58)9-7-13)31(65)30(64)46-20(14-4-2-1-3-5-14)26(60)48-23(52-33(40)41)28(62)50-25(54-35(44)45)29(63)49-24(53-34(42)43)27(61)47-22(21(37)59)51-32(38)39/h1-11,20,22-25,31,58,65H,12,36H2,(H2,37,59)(H,46,64)(H,47,61)(H,48,60)(H,49,63)(H,50,62)(H4,38,39,51)(H4,40,41,52)(H4,42,43,53)(H4,44,45,54). The van der Waals surface area contributed by atoms with Crippen LogP contribution in [0.2, 0.25) is 0 Å². The topological polar surface area (TPSA) is 592 Å². The van der Waals surface area contributed by atoms with Gasteiger partial charge in [-0.25, -0.2) is 0 Å². The number of amides is 6. The Bertz CT molecular complexity index is 2510. The number of hydrogen-bond acceptors (Lipinski definition) is 18. The summed E-state index contributed by atoms with van der Waals surface area (Å²) in [6.45, 7) is -0.565. The molecule has 27 N–H and O–H groups in total. The van der Waals surface area contributed by atoms with Gasteiger partial charge in [0.15, 0.2) is 48.5 Å². The van der Waals surface area contributed by atoms with Gasteiger partial charge in [-0.2, -0.15) is 0 Å². The van der Waals surface area contributed by atoms with Crippen molar-refractivity contribution < 1.29 is 48.8 Å². The summed E-state index contributed by atoms with van der Waals surface area (Å²) >= 11 is 0. The van der Waals surface area contributed by atoms with Crippen LogP contribution in [0.4, 0.5) is 22.7 Å². The van der Waals surface area contributed by atoms with E-state index in [9.17, 15) is 59.2 Å². The molecule has 3 rings (SSSR count). The van der Waals surface area contributed by atoms with Crippen LogP contribution in [-0.4, -0.2) is 110 Å². The minimum atomic E-state index is -2.49. The Morgan fingerprint density at radius 1 is 0.580 bits per heavy atom. The molecule has 368 valence electrons. The number of aromatic hydroxyl groups is 1. The molecule has 0 saturated carbocycles. The molecule has 0 heterocycles. The Morgan fingerprint density at radius 3 is 1.42 bits per heavy atom. The first-order valence-electron chi connectivity index (χ1n) is 19.0. The van der Waals surface area contributed by atoms with Gasteiger partial charge >= 0.3 is 0 Å². The zero-order chi connectivity index (χ0) is 51.9. The van der Waals surface area contributed by atoms with Crippen LogP contribution < -0.4 is 87.2 Å². The van der Waals surface area contributed by atoms with E-state index in [0.717, 1.165) is 6.07 Å². The summed E-state index contributed by atoms with van der Waals surface area (Å²) in [6.07, 6.45) is -10.8. The number of aliphatic hydroxyl groups excluding tert-OH is 1. The Hall–Kier alpha value is -10.3. The number of primary amides is 1. The van der Waals surface area contributed by atoms with Gasteiger partial charge in [0.25, 0.3) is 40.9 Å². The average Bonchev–Trinajstić information content (AvgIpc) is 3.25. The monoisotopic (exact) mass is 966 g/mol. The highest BCUT2D eigenvalue weighted by molar-refractivity contribution is 6.00. The maximum atomic E-state index is 14.1. The predicted octanol–water partition coefficient (Wildman–Crippen LogP) is -6.84. The van der Waals surface area contributed by atoms with Crippen LogP contribution in [0.25, 0.3) is 0 Å². The number of carbonyl (C=O) groups excluding carboxylic acids is 6. The van der Waals surface area contributed by atoms with Crippen LogP contribution in [0.3, 0.4) is 0 Å². The number of nitrogens with one attached hydrogen (secondary N) is 13. The number of guanidine groups is 4. The number of carbonyl (C=O) groups is 6. The van der Waals surface area contributed by atoms with E-state index in [1.54, 1.807) is 0 Å². The van der Waals surface area contributed by atoms with Gasteiger partial charge in [-0.15, -0.1) is 0 Å². The van der Waals surface area contributed by atoms with Gasteiger partial charge in [0.1, 0.15) is 23.2 Å². The largest absolute Gasteiger partial charge is 0.508 e. The minimum absolute atomic E-state index is 0.0388. The summed E-state index contributed by atoms with van der Waals surface area (Å²) < 4.78 is 0. The molecule has 3 aromatic rings. The van der Waals surface area contributed by atoms with Crippen molar-refractivity contribution in [2.75, 3.05) is 10.6 Å². The van der Waals surface area contributed by atoms with E-state index in [1.807, 2.05) is 31.9 Å². The number of nitrogens with zero attached hydrogens (tertiary/aromatic N) is 3. The van der Waals surface area contributed by atoms with Crippen molar-refractivity contribution >= 4 is 82.0 Å². The predicted molar refractivity (Wildman–Crippen MR) is 239 cm³/mol. The molecule has 0 aliphatic carbocycles. The summed E-state index contributed by atoms with van der Waals surface area (Å²) in [4.78, 5) is 103. The Balaban J connectivity index is 2.01. The third-order valence-electron chi connectivity index (χ3n) is 8.74. The molecule has 0 aliphatic rings. The highest BCUT2D eigenvalue weighted by atomic mass is 16.6. The lowest BCUT2D eigenvalue weighted by Gasteiger charge is -2.31. The van der Waals surface area contributed by atoms with E-state index >= 15 is 0 Å². The van der Waals surface area contributed by atoms with E-state index < -0.39 is 135 Å².